The molecule has 0 heterocycles. The third-order valence-corrected chi connectivity index (χ3v) is 1.94. The molecule has 0 fully saturated rings. The van der Waals surface area contributed by atoms with Crippen LogP contribution in [0.25, 0.3) is 6.08 Å². The minimum absolute atomic E-state index is 0.122. The zero-order valence-electron chi connectivity index (χ0n) is 9.32. The van der Waals surface area contributed by atoms with E-state index in [-0.39, 0.29) is 5.91 Å². The summed E-state index contributed by atoms with van der Waals surface area (Å²) in [6.45, 7) is 2.02. The molecule has 0 bridgehead atoms. The van der Waals surface area contributed by atoms with E-state index >= 15 is 0 Å². The number of nitrogens with zero attached hydrogens (tertiary/aromatic N) is 1. The van der Waals surface area contributed by atoms with Crippen molar-refractivity contribution in [1.29, 1.82) is 0 Å². The topological polar surface area (TPSA) is 32.3 Å². The van der Waals surface area contributed by atoms with Crippen LogP contribution in [-0.2, 0) is 4.79 Å². The fourth-order valence-corrected chi connectivity index (χ4v) is 1.20. The lowest BCUT2D eigenvalue weighted by molar-refractivity contribution is -0.119. The quantitative estimate of drug-likeness (QED) is 0.599. The number of carbonyl (C=O) groups excluding carboxylic acids is 1. The van der Waals surface area contributed by atoms with Crippen LogP contribution in [-0.4, -0.2) is 25.0 Å². The van der Waals surface area contributed by atoms with Gasteiger partial charge in [0.25, 0.3) is 5.91 Å². The molecule has 0 radical (unpaired) electrons. The summed E-state index contributed by atoms with van der Waals surface area (Å²) in [5.74, 6) is -0.122. The van der Waals surface area contributed by atoms with Crippen LogP contribution in [0.2, 0.25) is 0 Å². The molecule has 1 rings (SSSR count). The number of amides is 1. The van der Waals surface area contributed by atoms with Crippen molar-refractivity contribution in [2.24, 2.45) is 0 Å². The Kier molecular flexibility index (Phi) is 4.06. The second-order valence-corrected chi connectivity index (χ2v) is 3.56. The Hall–Kier alpha value is -1.61. The first-order valence-corrected chi connectivity index (χ1v) is 4.81. The highest BCUT2D eigenvalue weighted by atomic mass is 16.2. The zero-order valence-corrected chi connectivity index (χ0v) is 9.32. The van der Waals surface area contributed by atoms with Gasteiger partial charge in [-0.3, -0.25) is 10.2 Å². The lowest BCUT2D eigenvalue weighted by Gasteiger charge is -2.08. The molecule has 3 nitrogen and oxygen atoms in total. The summed E-state index contributed by atoms with van der Waals surface area (Å²) in [5, 5.41) is 1.62. The molecule has 0 aliphatic heterocycles. The van der Waals surface area contributed by atoms with E-state index in [1.165, 1.54) is 6.08 Å². The highest BCUT2D eigenvalue weighted by molar-refractivity contribution is 5.91. The smallest absolute Gasteiger partial charge is 0.258 e. The summed E-state index contributed by atoms with van der Waals surface area (Å²) < 4.78 is 0. The highest BCUT2D eigenvalue weighted by Crippen LogP contribution is 2.08. The monoisotopic (exact) mass is 204 g/mol. The fourth-order valence-electron chi connectivity index (χ4n) is 1.20. The molecule has 1 N–H and O–H groups in total. The first kappa shape index (κ1) is 11.5. The molecule has 0 atom stereocenters. The predicted molar refractivity (Wildman–Crippen MR) is 62.0 cm³/mol. The van der Waals surface area contributed by atoms with Gasteiger partial charge in [-0.25, -0.2) is 5.01 Å². The summed E-state index contributed by atoms with van der Waals surface area (Å²) in [4.78, 5) is 11.3. The van der Waals surface area contributed by atoms with Gasteiger partial charge in [0.1, 0.15) is 0 Å². The molecule has 0 aromatic heterocycles. The summed E-state index contributed by atoms with van der Waals surface area (Å²) in [6, 6.07) is 7.93. The van der Waals surface area contributed by atoms with Crippen molar-refractivity contribution < 1.29 is 4.79 Å². The van der Waals surface area contributed by atoms with Crippen LogP contribution in [0.3, 0.4) is 0 Å². The van der Waals surface area contributed by atoms with Crippen molar-refractivity contribution in [1.82, 2.24) is 10.4 Å². The molecule has 0 saturated heterocycles. The Morgan fingerprint density at radius 3 is 2.60 bits per heavy atom. The highest BCUT2D eigenvalue weighted by Gasteiger charge is 1.96. The van der Waals surface area contributed by atoms with Gasteiger partial charge in [-0.05, 0) is 24.1 Å². The van der Waals surface area contributed by atoms with E-state index < -0.39 is 0 Å². The Morgan fingerprint density at radius 2 is 2.00 bits per heavy atom. The SMILES string of the molecule is Cc1ccccc1/C=C/C(=O)NN(C)C. The maximum atomic E-state index is 11.3. The third-order valence-electron chi connectivity index (χ3n) is 1.94. The van der Waals surface area contributed by atoms with Crippen LogP contribution in [0.5, 0.6) is 0 Å². The number of hydrazine groups is 1. The van der Waals surface area contributed by atoms with Gasteiger partial charge in [0.15, 0.2) is 0 Å². The minimum Gasteiger partial charge on any atom is -0.286 e. The van der Waals surface area contributed by atoms with E-state index in [0.717, 1.165) is 11.1 Å². The summed E-state index contributed by atoms with van der Waals surface area (Å²) in [5.41, 5.74) is 4.86. The average molecular weight is 204 g/mol. The van der Waals surface area contributed by atoms with E-state index in [4.69, 9.17) is 0 Å². The van der Waals surface area contributed by atoms with Crippen LogP contribution in [0, 0.1) is 6.92 Å². The molecule has 0 aliphatic carbocycles. The predicted octanol–water partition coefficient (Wildman–Crippen LogP) is 1.60. The number of benzene rings is 1. The van der Waals surface area contributed by atoms with Gasteiger partial charge in [-0.2, -0.15) is 0 Å². The largest absolute Gasteiger partial charge is 0.286 e. The summed E-state index contributed by atoms with van der Waals surface area (Å²) in [7, 11) is 3.55. The normalized spacial score (nSPS) is 10.9. The zero-order chi connectivity index (χ0) is 11.3. The van der Waals surface area contributed by atoms with Gasteiger partial charge in [-0.15, -0.1) is 0 Å². The number of carbonyl (C=O) groups is 1. The Balaban J connectivity index is 2.66. The average Bonchev–Trinajstić information content (AvgIpc) is 2.15. The van der Waals surface area contributed by atoms with Gasteiger partial charge >= 0.3 is 0 Å². The van der Waals surface area contributed by atoms with E-state index in [9.17, 15) is 4.79 Å². The molecule has 0 unspecified atom stereocenters. The van der Waals surface area contributed by atoms with Crippen molar-refractivity contribution in [3.8, 4) is 0 Å². The molecule has 80 valence electrons. The second-order valence-electron chi connectivity index (χ2n) is 3.56. The summed E-state index contributed by atoms with van der Waals surface area (Å²) in [6.07, 6.45) is 3.34. The first-order valence-electron chi connectivity index (χ1n) is 4.81. The lowest BCUT2D eigenvalue weighted by atomic mass is 10.1. The van der Waals surface area contributed by atoms with Gasteiger partial charge in [0.05, 0.1) is 0 Å². The van der Waals surface area contributed by atoms with Gasteiger partial charge in [0, 0.05) is 20.2 Å². The van der Waals surface area contributed by atoms with Gasteiger partial charge in [-0.1, -0.05) is 24.3 Å². The molecule has 1 aromatic rings. The van der Waals surface area contributed by atoms with E-state index in [1.54, 1.807) is 19.1 Å². The molecule has 1 amide bonds. The molecule has 0 saturated carbocycles. The molecular weight excluding hydrogens is 188 g/mol. The van der Waals surface area contributed by atoms with E-state index in [2.05, 4.69) is 5.43 Å². The number of hydrogen-bond acceptors (Lipinski definition) is 2. The van der Waals surface area contributed by atoms with Crippen LogP contribution in [0.15, 0.2) is 30.3 Å². The van der Waals surface area contributed by atoms with Crippen molar-refractivity contribution in [2.75, 3.05) is 14.1 Å². The standard InChI is InChI=1S/C12H16N2O/c1-10-6-4-5-7-11(10)8-9-12(15)13-14(2)3/h4-9H,1-3H3,(H,13,15)/b9-8+. The number of aryl methyl sites for hydroxylation is 1. The molecule has 3 heteroatoms. The van der Waals surface area contributed by atoms with Crippen LogP contribution >= 0.6 is 0 Å². The van der Waals surface area contributed by atoms with Crippen molar-refractivity contribution in [3.05, 3.63) is 41.5 Å². The van der Waals surface area contributed by atoms with Crippen molar-refractivity contribution >= 4 is 12.0 Å². The number of nitrogens with one attached hydrogen (secondary N) is 1. The van der Waals surface area contributed by atoms with E-state index in [0.29, 0.717) is 0 Å². The van der Waals surface area contributed by atoms with Crippen LogP contribution in [0.4, 0.5) is 0 Å². The van der Waals surface area contributed by atoms with Crippen molar-refractivity contribution in [3.63, 3.8) is 0 Å². The fraction of sp³-hybridized carbons (Fsp3) is 0.250. The maximum absolute atomic E-state index is 11.3. The molecule has 0 aliphatic rings. The number of hydrogen-bond donors (Lipinski definition) is 1. The number of rotatable bonds is 3. The third kappa shape index (κ3) is 3.95. The molecule has 0 spiro atoms. The van der Waals surface area contributed by atoms with Gasteiger partial charge < -0.3 is 0 Å². The van der Waals surface area contributed by atoms with Gasteiger partial charge in [0.2, 0.25) is 0 Å². The van der Waals surface area contributed by atoms with Crippen LogP contribution in [0.1, 0.15) is 11.1 Å². The van der Waals surface area contributed by atoms with E-state index in [1.807, 2.05) is 37.3 Å². The second kappa shape index (κ2) is 5.32. The maximum Gasteiger partial charge on any atom is 0.258 e. The van der Waals surface area contributed by atoms with Crippen LogP contribution < -0.4 is 5.43 Å². The Bertz CT molecular complexity index is 370. The Morgan fingerprint density at radius 1 is 1.33 bits per heavy atom. The lowest BCUT2D eigenvalue weighted by Crippen LogP contribution is -2.34. The minimum atomic E-state index is -0.122. The Labute approximate surface area is 90.4 Å². The van der Waals surface area contributed by atoms with Crippen molar-refractivity contribution in [2.45, 2.75) is 6.92 Å². The first-order chi connectivity index (χ1) is 7.09. The molecule has 1 aromatic carbocycles. The molecular formula is C12H16N2O. The molecule has 15 heavy (non-hydrogen) atoms. The summed E-state index contributed by atoms with van der Waals surface area (Å²) >= 11 is 0.